The van der Waals surface area contributed by atoms with E-state index in [0.717, 1.165) is 18.6 Å². The largest absolute Gasteiger partial charge is 0.383 e. The van der Waals surface area contributed by atoms with E-state index < -0.39 is 0 Å². The molecule has 1 heterocycles. The predicted molar refractivity (Wildman–Crippen MR) is 61.4 cm³/mol. The number of pyridine rings is 1. The van der Waals surface area contributed by atoms with Gasteiger partial charge in [0.2, 0.25) is 0 Å². The van der Waals surface area contributed by atoms with Gasteiger partial charge in [0, 0.05) is 18.8 Å². The van der Waals surface area contributed by atoms with Crippen LogP contribution in [0.25, 0.3) is 0 Å². The predicted octanol–water partition coefficient (Wildman–Crippen LogP) is 0.960. The standard InChI is InChI=1S/C11H19N3O/c1-2-6-15-8-10(12)7-9-4-3-5-14-11(9)13/h3-5,10H,2,6-8,12H2,1H3,(H2,13,14). The summed E-state index contributed by atoms with van der Waals surface area (Å²) in [6, 6.07) is 3.80. The molecule has 0 radical (unpaired) electrons. The number of nitrogens with zero attached hydrogens (tertiary/aromatic N) is 1. The van der Waals surface area contributed by atoms with E-state index in [9.17, 15) is 0 Å². The van der Waals surface area contributed by atoms with Gasteiger partial charge < -0.3 is 16.2 Å². The van der Waals surface area contributed by atoms with Crippen molar-refractivity contribution in [3.05, 3.63) is 23.9 Å². The molecule has 0 spiro atoms. The Morgan fingerprint density at radius 3 is 3.00 bits per heavy atom. The Morgan fingerprint density at radius 2 is 2.33 bits per heavy atom. The topological polar surface area (TPSA) is 74.2 Å². The zero-order valence-electron chi connectivity index (χ0n) is 9.15. The lowest BCUT2D eigenvalue weighted by Gasteiger charge is -2.12. The molecule has 1 unspecified atom stereocenters. The summed E-state index contributed by atoms with van der Waals surface area (Å²) >= 11 is 0. The second-order valence-corrected chi connectivity index (χ2v) is 3.59. The molecule has 0 aromatic carbocycles. The monoisotopic (exact) mass is 209 g/mol. The summed E-state index contributed by atoms with van der Waals surface area (Å²) in [7, 11) is 0. The Hall–Kier alpha value is -1.13. The van der Waals surface area contributed by atoms with E-state index in [1.807, 2.05) is 12.1 Å². The number of ether oxygens (including phenoxy) is 1. The minimum absolute atomic E-state index is 0.0111. The smallest absolute Gasteiger partial charge is 0.126 e. The van der Waals surface area contributed by atoms with Crippen molar-refractivity contribution in [3.8, 4) is 0 Å². The van der Waals surface area contributed by atoms with Gasteiger partial charge >= 0.3 is 0 Å². The van der Waals surface area contributed by atoms with Gasteiger partial charge in [0.15, 0.2) is 0 Å². The third-order valence-electron chi connectivity index (χ3n) is 2.09. The molecule has 0 amide bonds. The van der Waals surface area contributed by atoms with Crippen LogP contribution in [0.15, 0.2) is 18.3 Å². The molecule has 0 saturated carbocycles. The maximum absolute atomic E-state index is 5.91. The molecule has 4 heteroatoms. The van der Waals surface area contributed by atoms with Crippen LogP contribution in [-0.2, 0) is 11.2 Å². The number of hydrogen-bond donors (Lipinski definition) is 2. The Bertz CT molecular complexity index is 291. The molecular weight excluding hydrogens is 190 g/mol. The zero-order valence-corrected chi connectivity index (χ0v) is 9.15. The Kier molecular flexibility index (Phi) is 5.07. The van der Waals surface area contributed by atoms with Crippen LogP contribution in [0, 0.1) is 0 Å². The first-order valence-corrected chi connectivity index (χ1v) is 5.26. The molecule has 0 fully saturated rings. The van der Waals surface area contributed by atoms with E-state index in [4.69, 9.17) is 16.2 Å². The van der Waals surface area contributed by atoms with Gasteiger partial charge in [0.1, 0.15) is 5.82 Å². The van der Waals surface area contributed by atoms with Crippen molar-refractivity contribution in [2.45, 2.75) is 25.8 Å². The van der Waals surface area contributed by atoms with Crippen molar-refractivity contribution in [1.29, 1.82) is 0 Å². The molecule has 0 aliphatic carbocycles. The van der Waals surface area contributed by atoms with Gasteiger partial charge in [-0.15, -0.1) is 0 Å². The fourth-order valence-corrected chi connectivity index (χ4v) is 1.34. The van der Waals surface area contributed by atoms with E-state index in [2.05, 4.69) is 11.9 Å². The fourth-order valence-electron chi connectivity index (χ4n) is 1.34. The van der Waals surface area contributed by atoms with Gasteiger partial charge in [0.05, 0.1) is 6.61 Å². The maximum atomic E-state index is 5.91. The third kappa shape index (κ3) is 4.27. The second kappa shape index (κ2) is 6.37. The van der Waals surface area contributed by atoms with Gasteiger partial charge in [-0.05, 0) is 24.5 Å². The minimum Gasteiger partial charge on any atom is -0.383 e. The molecule has 4 nitrogen and oxygen atoms in total. The number of hydrogen-bond acceptors (Lipinski definition) is 4. The zero-order chi connectivity index (χ0) is 11.1. The van der Waals surface area contributed by atoms with Gasteiger partial charge in [-0.1, -0.05) is 13.0 Å². The van der Waals surface area contributed by atoms with E-state index in [1.54, 1.807) is 6.20 Å². The lowest BCUT2D eigenvalue weighted by atomic mass is 10.1. The molecular formula is C11H19N3O. The van der Waals surface area contributed by atoms with Crippen LogP contribution < -0.4 is 11.5 Å². The first-order valence-electron chi connectivity index (χ1n) is 5.26. The second-order valence-electron chi connectivity index (χ2n) is 3.59. The van der Waals surface area contributed by atoms with Crippen LogP contribution in [0.1, 0.15) is 18.9 Å². The molecule has 0 aliphatic rings. The number of nitrogens with two attached hydrogens (primary N) is 2. The minimum atomic E-state index is -0.0111. The SMILES string of the molecule is CCCOCC(N)Cc1cccnc1N. The van der Waals surface area contributed by atoms with Crippen LogP contribution in [0.2, 0.25) is 0 Å². The third-order valence-corrected chi connectivity index (χ3v) is 2.09. The van der Waals surface area contributed by atoms with E-state index in [1.165, 1.54) is 0 Å². The summed E-state index contributed by atoms with van der Waals surface area (Å²) in [4.78, 5) is 4.01. The summed E-state index contributed by atoms with van der Waals surface area (Å²) in [6.45, 7) is 3.41. The lowest BCUT2D eigenvalue weighted by Crippen LogP contribution is -2.29. The van der Waals surface area contributed by atoms with Gasteiger partial charge in [-0.3, -0.25) is 0 Å². The van der Waals surface area contributed by atoms with E-state index in [-0.39, 0.29) is 6.04 Å². The molecule has 84 valence electrons. The van der Waals surface area contributed by atoms with Crippen LogP contribution in [0.5, 0.6) is 0 Å². The fraction of sp³-hybridized carbons (Fsp3) is 0.545. The summed E-state index contributed by atoms with van der Waals surface area (Å²) in [5.41, 5.74) is 12.6. The first kappa shape index (κ1) is 11.9. The number of nitrogen functional groups attached to an aromatic ring is 1. The van der Waals surface area contributed by atoms with Gasteiger partial charge in [-0.25, -0.2) is 4.98 Å². The van der Waals surface area contributed by atoms with Crippen LogP contribution in [0.3, 0.4) is 0 Å². The molecule has 0 saturated heterocycles. The average Bonchev–Trinajstić information content (AvgIpc) is 2.22. The van der Waals surface area contributed by atoms with E-state index in [0.29, 0.717) is 18.8 Å². The molecule has 15 heavy (non-hydrogen) atoms. The first-order chi connectivity index (χ1) is 7.24. The summed E-state index contributed by atoms with van der Waals surface area (Å²) < 4.78 is 5.37. The highest BCUT2D eigenvalue weighted by Crippen LogP contribution is 2.09. The molecule has 1 aromatic heterocycles. The highest BCUT2D eigenvalue weighted by atomic mass is 16.5. The van der Waals surface area contributed by atoms with Crippen molar-refractivity contribution < 1.29 is 4.74 Å². The van der Waals surface area contributed by atoms with Crippen LogP contribution in [-0.4, -0.2) is 24.2 Å². The Morgan fingerprint density at radius 1 is 1.53 bits per heavy atom. The molecule has 1 aromatic rings. The van der Waals surface area contributed by atoms with Gasteiger partial charge in [-0.2, -0.15) is 0 Å². The van der Waals surface area contributed by atoms with E-state index >= 15 is 0 Å². The number of aromatic nitrogens is 1. The molecule has 4 N–H and O–H groups in total. The number of anilines is 1. The van der Waals surface area contributed by atoms with Crippen molar-refractivity contribution in [1.82, 2.24) is 4.98 Å². The lowest BCUT2D eigenvalue weighted by molar-refractivity contribution is 0.121. The van der Waals surface area contributed by atoms with Crippen molar-refractivity contribution in [2.75, 3.05) is 18.9 Å². The Balaban J connectivity index is 2.37. The Labute approximate surface area is 90.6 Å². The van der Waals surface area contributed by atoms with Crippen molar-refractivity contribution >= 4 is 5.82 Å². The van der Waals surface area contributed by atoms with Crippen LogP contribution >= 0.6 is 0 Å². The normalized spacial score (nSPS) is 12.7. The van der Waals surface area contributed by atoms with Gasteiger partial charge in [0.25, 0.3) is 0 Å². The van der Waals surface area contributed by atoms with Crippen LogP contribution in [0.4, 0.5) is 5.82 Å². The highest BCUT2D eigenvalue weighted by Gasteiger charge is 2.06. The molecule has 1 atom stereocenters. The molecule has 1 rings (SSSR count). The highest BCUT2D eigenvalue weighted by molar-refractivity contribution is 5.38. The molecule has 0 bridgehead atoms. The quantitative estimate of drug-likeness (QED) is 0.684. The maximum Gasteiger partial charge on any atom is 0.126 e. The molecule has 0 aliphatic heterocycles. The summed E-state index contributed by atoms with van der Waals surface area (Å²) in [6.07, 6.45) is 3.41. The summed E-state index contributed by atoms with van der Waals surface area (Å²) in [5, 5.41) is 0. The van der Waals surface area contributed by atoms with Crippen molar-refractivity contribution in [3.63, 3.8) is 0 Å². The average molecular weight is 209 g/mol. The number of rotatable bonds is 6. The van der Waals surface area contributed by atoms with Crippen molar-refractivity contribution in [2.24, 2.45) is 5.73 Å². The summed E-state index contributed by atoms with van der Waals surface area (Å²) in [5.74, 6) is 0.559.